The van der Waals surface area contributed by atoms with E-state index in [1.807, 2.05) is 6.07 Å². The van der Waals surface area contributed by atoms with E-state index in [1.54, 1.807) is 24.5 Å². The highest BCUT2D eigenvalue weighted by Crippen LogP contribution is 2.32. The van der Waals surface area contributed by atoms with Gasteiger partial charge in [-0.15, -0.1) is 0 Å². The normalized spacial score (nSPS) is 13.0. The average molecular weight is 388 g/mol. The fraction of sp³-hybridized carbons (Fsp3) is 0.333. The average Bonchev–Trinajstić information content (AvgIpc) is 2.65. The molecule has 27 heavy (non-hydrogen) atoms. The van der Waals surface area contributed by atoms with Crippen LogP contribution in [0.4, 0.5) is 4.39 Å². The number of nitrogens with zero attached hydrogens (tertiary/aromatic N) is 2. The first kappa shape index (κ1) is 19.5. The number of fused-ring (bicyclic) bond motifs is 1. The molecule has 4 nitrogen and oxygen atoms in total. The van der Waals surface area contributed by atoms with Crippen LogP contribution in [0.2, 0.25) is 5.02 Å². The fourth-order valence-electron chi connectivity index (χ4n) is 2.78. The van der Waals surface area contributed by atoms with E-state index in [0.717, 1.165) is 17.4 Å². The van der Waals surface area contributed by atoms with Crippen molar-refractivity contribution in [2.24, 2.45) is 5.92 Å². The van der Waals surface area contributed by atoms with Gasteiger partial charge >= 0.3 is 0 Å². The lowest BCUT2D eigenvalue weighted by molar-refractivity contribution is 0.0721. The Bertz CT molecular complexity index is 961. The molecule has 0 spiro atoms. The summed E-state index contributed by atoms with van der Waals surface area (Å²) in [6.45, 7) is 8.47. The van der Waals surface area contributed by atoms with Crippen LogP contribution in [0.5, 0.6) is 5.75 Å². The molecule has 0 bridgehead atoms. The molecule has 1 aromatic carbocycles. The van der Waals surface area contributed by atoms with Crippen LogP contribution in [0.25, 0.3) is 22.2 Å². The minimum atomic E-state index is -0.322. The maximum Gasteiger partial charge on any atom is 0.184 e. The largest absolute Gasteiger partial charge is 0.405 e. The number of benzene rings is 1. The van der Waals surface area contributed by atoms with E-state index in [4.69, 9.17) is 16.4 Å². The Labute approximate surface area is 163 Å². The third-order valence-corrected chi connectivity index (χ3v) is 5.36. The van der Waals surface area contributed by atoms with E-state index < -0.39 is 0 Å². The van der Waals surface area contributed by atoms with Gasteiger partial charge in [-0.05, 0) is 44.0 Å². The predicted octanol–water partition coefficient (Wildman–Crippen LogP) is 5.80. The van der Waals surface area contributed by atoms with Gasteiger partial charge < -0.3 is 4.84 Å². The highest BCUT2D eigenvalue weighted by molar-refractivity contribution is 6.32. The van der Waals surface area contributed by atoms with Gasteiger partial charge in [0, 0.05) is 23.2 Å². The number of hydroxylamine groups is 1. The predicted molar refractivity (Wildman–Crippen MR) is 107 cm³/mol. The molecule has 0 unspecified atom stereocenters. The quantitative estimate of drug-likeness (QED) is 0.543. The molecule has 3 aromatic rings. The SMILES string of the molecule is CC[C@H](C)C(C)(C)NOc1cnc(-c2ccnc3cc(F)ccc23)cc1Cl. The lowest BCUT2D eigenvalue weighted by atomic mass is 9.88. The van der Waals surface area contributed by atoms with Crippen molar-refractivity contribution in [3.05, 3.63) is 53.6 Å². The second-order valence-corrected chi connectivity index (χ2v) is 7.66. The summed E-state index contributed by atoms with van der Waals surface area (Å²) < 4.78 is 13.5. The summed E-state index contributed by atoms with van der Waals surface area (Å²) in [6.07, 6.45) is 4.25. The molecule has 0 aliphatic rings. The Morgan fingerprint density at radius 3 is 2.70 bits per heavy atom. The molecule has 3 rings (SSSR count). The van der Waals surface area contributed by atoms with Gasteiger partial charge in [0.15, 0.2) is 5.75 Å². The van der Waals surface area contributed by atoms with Gasteiger partial charge in [-0.1, -0.05) is 31.9 Å². The summed E-state index contributed by atoms with van der Waals surface area (Å²) in [7, 11) is 0. The number of nitrogens with one attached hydrogen (secondary N) is 1. The van der Waals surface area contributed by atoms with Gasteiger partial charge in [-0.25, -0.2) is 4.39 Å². The number of hydrogen-bond donors (Lipinski definition) is 1. The van der Waals surface area contributed by atoms with Crippen molar-refractivity contribution in [1.29, 1.82) is 0 Å². The van der Waals surface area contributed by atoms with Crippen LogP contribution < -0.4 is 10.3 Å². The van der Waals surface area contributed by atoms with Crippen molar-refractivity contribution in [2.45, 2.75) is 39.7 Å². The Kier molecular flexibility index (Phi) is 5.63. The Morgan fingerprint density at radius 1 is 1.22 bits per heavy atom. The third-order valence-electron chi connectivity index (χ3n) is 5.07. The van der Waals surface area contributed by atoms with Crippen molar-refractivity contribution < 1.29 is 9.23 Å². The minimum absolute atomic E-state index is 0.206. The summed E-state index contributed by atoms with van der Waals surface area (Å²) in [5, 5.41) is 1.26. The molecule has 142 valence electrons. The zero-order chi connectivity index (χ0) is 19.6. The van der Waals surface area contributed by atoms with Crippen LogP contribution in [0.3, 0.4) is 0 Å². The van der Waals surface area contributed by atoms with Gasteiger partial charge in [0.1, 0.15) is 5.82 Å². The van der Waals surface area contributed by atoms with Crippen molar-refractivity contribution in [3.8, 4) is 17.0 Å². The molecule has 0 aliphatic heterocycles. The van der Waals surface area contributed by atoms with Crippen LogP contribution >= 0.6 is 11.6 Å². The molecule has 2 aromatic heterocycles. The maximum absolute atomic E-state index is 13.5. The number of halogens is 2. The Hall–Kier alpha value is -2.24. The summed E-state index contributed by atoms with van der Waals surface area (Å²) >= 11 is 6.42. The maximum atomic E-state index is 13.5. The molecule has 0 saturated heterocycles. The summed E-state index contributed by atoms with van der Waals surface area (Å²) in [6, 6.07) is 8.09. The topological polar surface area (TPSA) is 47.0 Å². The summed E-state index contributed by atoms with van der Waals surface area (Å²) in [4.78, 5) is 14.4. The second kappa shape index (κ2) is 7.79. The van der Waals surface area contributed by atoms with Gasteiger partial charge in [-0.3, -0.25) is 9.97 Å². The molecule has 0 fully saturated rings. The molecule has 1 atom stereocenters. The number of rotatable bonds is 6. The van der Waals surface area contributed by atoms with Crippen LogP contribution in [0.15, 0.2) is 42.7 Å². The van der Waals surface area contributed by atoms with Crippen LogP contribution in [-0.4, -0.2) is 15.5 Å². The number of hydrogen-bond acceptors (Lipinski definition) is 4. The molecule has 2 heterocycles. The van der Waals surface area contributed by atoms with Crippen LogP contribution in [0.1, 0.15) is 34.1 Å². The third kappa shape index (κ3) is 4.20. The Balaban J connectivity index is 1.88. The second-order valence-electron chi connectivity index (χ2n) is 7.26. The highest BCUT2D eigenvalue weighted by atomic mass is 35.5. The molecule has 0 radical (unpaired) electrons. The molecule has 6 heteroatoms. The molecule has 0 saturated carbocycles. The van der Waals surface area contributed by atoms with Crippen LogP contribution in [0, 0.1) is 11.7 Å². The summed E-state index contributed by atoms with van der Waals surface area (Å²) in [5.41, 5.74) is 4.96. The molecular weight excluding hydrogens is 365 g/mol. The van der Waals surface area contributed by atoms with Crippen molar-refractivity contribution in [3.63, 3.8) is 0 Å². The lowest BCUT2D eigenvalue weighted by Crippen LogP contribution is -2.46. The standard InChI is InChI=1S/C21H23ClFN3O/c1-5-13(2)21(3,4)26-27-20-12-25-19(11-17(20)22)16-8-9-24-18-10-14(23)6-7-15(16)18/h6-13,26H,5H2,1-4H3/t13-/m0/s1. The van der Waals surface area contributed by atoms with Gasteiger partial charge in [0.2, 0.25) is 0 Å². The van der Waals surface area contributed by atoms with Crippen molar-refractivity contribution in [2.75, 3.05) is 0 Å². The van der Waals surface area contributed by atoms with E-state index in [-0.39, 0.29) is 11.4 Å². The van der Waals surface area contributed by atoms with E-state index in [2.05, 4.69) is 43.1 Å². The number of pyridine rings is 2. The van der Waals surface area contributed by atoms with E-state index in [1.165, 1.54) is 12.1 Å². The first-order valence-electron chi connectivity index (χ1n) is 8.96. The van der Waals surface area contributed by atoms with E-state index in [9.17, 15) is 4.39 Å². The lowest BCUT2D eigenvalue weighted by Gasteiger charge is -2.31. The van der Waals surface area contributed by atoms with Crippen LogP contribution in [-0.2, 0) is 0 Å². The molecular formula is C21H23ClFN3O. The Morgan fingerprint density at radius 2 is 2.00 bits per heavy atom. The van der Waals surface area contributed by atoms with Gasteiger partial charge in [-0.2, -0.15) is 5.48 Å². The van der Waals surface area contributed by atoms with E-state index in [0.29, 0.717) is 27.9 Å². The summed E-state index contributed by atoms with van der Waals surface area (Å²) in [5.74, 6) is 0.560. The van der Waals surface area contributed by atoms with Crippen molar-refractivity contribution >= 4 is 22.5 Å². The van der Waals surface area contributed by atoms with Crippen molar-refractivity contribution in [1.82, 2.24) is 15.4 Å². The number of aromatic nitrogens is 2. The first-order chi connectivity index (χ1) is 12.8. The highest BCUT2D eigenvalue weighted by Gasteiger charge is 2.25. The molecule has 1 N–H and O–H groups in total. The zero-order valence-corrected chi connectivity index (χ0v) is 16.6. The van der Waals surface area contributed by atoms with Gasteiger partial charge in [0.05, 0.1) is 28.0 Å². The van der Waals surface area contributed by atoms with Gasteiger partial charge in [0.25, 0.3) is 0 Å². The molecule has 0 amide bonds. The fourth-order valence-corrected chi connectivity index (χ4v) is 2.97. The zero-order valence-electron chi connectivity index (χ0n) is 15.9. The minimum Gasteiger partial charge on any atom is -0.405 e. The first-order valence-corrected chi connectivity index (χ1v) is 9.34. The van der Waals surface area contributed by atoms with E-state index >= 15 is 0 Å². The smallest absolute Gasteiger partial charge is 0.184 e. The monoisotopic (exact) mass is 387 g/mol. The molecule has 0 aliphatic carbocycles.